The standard InChI is InChI=1S/C17H15BrN2O4/c18-12-7-5-11(6-8-12)9-16(21)19-20-17(22)15-10-23-13-3-1-2-4-14(13)24-15/h1-8,15H,9-10H2,(H,19,21)(H,20,22)/t15-/m0/s1. The first-order valence-corrected chi connectivity index (χ1v) is 8.13. The Kier molecular flexibility index (Phi) is 5.00. The molecule has 6 nitrogen and oxygen atoms in total. The smallest absolute Gasteiger partial charge is 0.283 e. The molecule has 0 fully saturated rings. The van der Waals surface area contributed by atoms with Crippen LogP contribution in [-0.2, 0) is 16.0 Å². The fourth-order valence-electron chi connectivity index (χ4n) is 2.19. The molecule has 0 aromatic heterocycles. The first kappa shape index (κ1) is 16.3. The third-order valence-corrected chi connectivity index (χ3v) is 3.93. The molecular weight excluding hydrogens is 376 g/mol. The number of carbonyl (C=O) groups is 2. The van der Waals surface area contributed by atoms with Crippen LogP contribution in [0.5, 0.6) is 11.5 Å². The van der Waals surface area contributed by atoms with Gasteiger partial charge in [-0.3, -0.25) is 20.4 Å². The minimum atomic E-state index is -0.812. The Hall–Kier alpha value is -2.54. The summed E-state index contributed by atoms with van der Waals surface area (Å²) in [5.41, 5.74) is 5.59. The van der Waals surface area contributed by atoms with Crippen LogP contribution in [0, 0.1) is 0 Å². The number of hydrogen-bond acceptors (Lipinski definition) is 4. The van der Waals surface area contributed by atoms with Crippen LogP contribution in [0.25, 0.3) is 0 Å². The molecule has 2 N–H and O–H groups in total. The predicted molar refractivity (Wildman–Crippen MR) is 90.5 cm³/mol. The fraction of sp³-hybridized carbons (Fsp3) is 0.176. The maximum atomic E-state index is 12.1. The molecule has 2 amide bonds. The van der Waals surface area contributed by atoms with E-state index in [4.69, 9.17) is 9.47 Å². The Bertz CT molecular complexity index is 749. The van der Waals surface area contributed by atoms with Gasteiger partial charge in [0.25, 0.3) is 5.91 Å². The van der Waals surface area contributed by atoms with Gasteiger partial charge in [-0.05, 0) is 29.8 Å². The molecule has 3 rings (SSSR count). The molecule has 0 aliphatic carbocycles. The Morgan fingerprint density at radius 3 is 2.50 bits per heavy atom. The van der Waals surface area contributed by atoms with E-state index in [-0.39, 0.29) is 18.9 Å². The number of benzene rings is 2. The number of para-hydroxylation sites is 2. The lowest BCUT2D eigenvalue weighted by Gasteiger charge is -2.25. The summed E-state index contributed by atoms with van der Waals surface area (Å²) in [6.07, 6.45) is -0.647. The van der Waals surface area contributed by atoms with Gasteiger partial charge in [-0.1, -0.05) is 40.2 Å². The van der Waals surface area contributed by atoms with Gasteiger partial charge in [-0.15, -0.1) is 0 Å². The second-order valence-corrected chi connectivity index (χ2v) is 6.12. The van der Waals surface area contributed by atoms with E-state index in [0.29, 0.717) is 11.5 Å². The van der Waals surface area contributed by atoms with Gasteiger partial charge in [-0.2, -0.15) is 0 Å². The number of carbonyl (C=O) groups excluding carboxylic acids is 2. The molecule has 0 spiro atoms. The van der Waals surface area contributed by atoms with E-state index in [9.17, 15) is 9.59 Å². The van der Waals surface area contributed by atoms with Gasteiger partial charge in [0.1, 0.15) is 6.61 Å². The highest BCUT2D eigenvalue weighted by atomic mass is 79.9. The lowest BCUT2D eigenvalue weighted by atomic mass is 10.1. The molecule has 1 aliphatic heterocycles. The topological polar surface area (TPSA) is 76.7 Å². The maximum Gasteiger partial charge on any atom is 0.283 e. The van der Waals surface area contributed by atoms with E-state index >= 15 is 0 Å². The lowest BCUT2D eigenvalue weighted by Crippen LogP contribution is -2.51. The lowest BCUT2D eigenvalue weighted by molar-refractivity contribution is -0.134. The Labute approximate surface area is 147 Å². The van der Waals surface area contributed by atoms with Crippen molar-refractivity contribution >= 4 is 27.7 Å². The average Bonchev–Trinajstić information content (AvgIpc) is 2.61. The first-order valence-electron chi connectivity index (χ1n) is 7.33. The van der Waals surface area contributed by atoms with Crippen molar-refractivity contribution in [2.24, 2.45) is 0 Å². The largest absolute Gasteiger partial charge is 0.485 e. The van der Waals surface area contributed by atoms with Gasteiger partial charge in [-0.25, -0.2) is 0 Å². The number of fused-ring (bicyclic) bond motifs is 1. The third kappa shape index (κ3) is 4.05. The van der Waals surface area contributed by atoms with Crippen molar-refractivity contribution in [2.45, 2.75) is 12.5 Å². The van der Waals surface area contributed by atoms with E-state index in [1.165, 1.54) is 0 Å². The van der Waals surface area contributed by atoms with E-state index in [1.807, 2.05) is 30.3 Å². The molecule has 24 heavy (non-hydrogen) atoms. The SMILES string of the molecule is O=C(Cc1ccc(Br)cc1)NNC(=O)[C@@H]1COc2ccccc2O1. The van der Waals surface area contributed by atoms with E-state index in [1.54, 1.807) is 18.2 Å². The van der Waals surface area contributed by atoms with Crippen molar-refractivity contribution in [3.8, 4) is 11.5 Å². The van der Waals surface area contributed by atoms with Crippen LogP contribution < -0.4 is 20.3 Å². The van der Waals surface area contributed by atoms with Crippen LogP contribution in [0.2, 0.25) is 0 Å². The number of hydrazine groups is 1. The number of nitrogens with one attached hydrogen (secondary N) is 2. The van der Waals surface area contributed by atoms with Gasteiger partial charge in [0, 0.05) is 4.47 Å². The van der Waals surface area contributed by atoms with Crippen molar-refractivity contribution < 1.29 is 19.1 Å². The minimum Gasteiger partial charge on any atom is -0.485 e. The van der Waals surface area contributed by atoms with Crippen molar-refractivity contribution in [1.82, 2.24) is 10.9 Å². The van der Waals surface area contributed by atoms with Crippen LogP contribution in [0.15, 0.2) is 53.0 Å². The summed E-state index contributed by atoms with van der Waals surface area (Å²) in [6, 6.07) is 14.5. The Balaban J connectivity index is 1.49. The molecule has 1 atom stereocenters. The zero-order valence-electron chi connectivity index (χ0n) is 12.6. The predicted octanol–water partition coefficient (Wildman–Crippen LogP) is 1.98. The molecule has 0 bridgehead atoms. The summed E-state index contributed by atoms with van der Waals surface area (Å²) < 4.78 is 12.0. The summed E-state index contributed by atoms with van der Waals surface area (Å²) in [4.78, 5) is 23.9. The van der Waals surface area contributed by atoms with Crippen molar-refractivity contribution in [2.75, 3.05) is 6.61 Å². The Morgan fingerprint density at radius 2 is 1.75 bits per heavy atom. The number of amides is 2. The highest BCUT2D eigenvalue weighted by molar-refractivity contribution is 9.10. The van der Waals surface area contributed by atoms with Gasteiger partial charge < -0.3 is 9.47 Å². The number of halogens is 1. The summed E-state index contributed by atoms with van der Waals surface area (Å²) in [5.74, 6) is 0.322. The second-order valence-electron chi connectivity index (χ2n) is 5.20. The van der Waals surface area contributed by atoms with Crippen LogP contribution >= 0.6 is 15.9 Å². The molecule has 0 saturated heterocycles. The van der Waals surface area contributed by atoms with Crippen molar-refractivity contribution in [1.29, 1.82) is 0 Å². The van der Waals surface area contributed by atoms with Crippen LogP contribution in [0.3, 0.4) is 0 Å². The molecule has 1 aliphatic rings. The monoisotopic (exact) mass is 390 g/mol. The normalized spacial score (nSPS) is 15.5. The molecule has 1 heterocycles. The van der Waals surface area contributed by atoms with Crippen LogP contribution in [0.4, 0.5) is 0 Å². The van der Waals surface area contributed by atoms with Crippen LogP contribution in [0.1, 0.15) is 5.56 Å². The summed E-state index contributed by atoms with van der Waals surface area (Å²) in [5, 5.41) is 0. The first-order chi connectivity index (χ1) is 11.6. The maximum absolute atomic E-state index is 12.1. The molecule has 124 valence electrons. The summed E-state index contributed by atoms with van der Waals surface area (Å²) in [7, 11) is 0. The molecule has 2 aromatic rings. The Morgan fingerprint density at radius 1 is 1.04 bits per heavy atom. The van der Waals surface area contributed by atoms with Gasteiger partial charge in [0.2, 0.25) is 12.0 Å². The average molecular weight is 391 g/mol. The van der Waals surface area contributed by atoms with Crippen molar-refractivity contribution in [3.63, 3.8) is 0 Å². The molecule has 0 radical (unpaired) electrons. The summed E-state index contributed by atoms with van der Waals surface area (Å²) >= 11 is 3.33. The number of ether oxygens (including phenoxy) is 2. The van der Waals surface area contributed by atoms with Crippen LogP contribution in [-0.4, -0.2) is 24.5 Å². The zero-order chi connectivity index (χ0) is 16.9. The molecule has 0 unspecified atom stereocenters. The third-order valence-electron chi connectivity index (χ3n) is 3.40. The van der Waals surface area contributed by atoms with Gasteiger partial charge in [0.15, 0.2) is 11.5 Å². The van der Waals surface area contributed by atoms with E-state index in [0.717, 1.165) is 10.0 Å². The second kappa shape index (κ2) is 7.35. The highest BCUT2D eigenvalue weighted by Crippen LogP contribution is 2.30. The molecular formula is C17H15BrN2O4. The van der Waals surface area contributed by atoms with Gasteiger partial charge in [0.05, 0.1) is 6.42 Å². The summed E-state index contributed by atoms with van der Waals surface area (Å²) in [6.45, 7) is 0.0887. The highest BCUT2D eigenvalue weighted by Gasteiger charge is 2.27. The number of hydrogen-bond donors (Lipinski definition) is 2. The quantitative estimate of drug-likeness (QED) is 0.785. The van der Waals surface area contributed by atoms with Gasteiger partial charge >= 0.3 is 0 Å². The van der Waals surface area contributed by atoms with E-state index in [2.05, 4.69) is 26.8 Å². The number of rotatable bonds is 3. The zero-order valence-corrected chi connectivity index (χ0v) is 14.2. The minimum absolute atomic E-state index is 0.0887. The van der Waals surface area contributed by atoms with Crippen molar-refractivity contribution in [3.05, 3.63) is 58.6 Å². The molecule has 7 heteroatoms. The molecule has 0 saturated carbocycles. The fourth-order valence-corrected chi connectivity index (χ4v) is 2.46. The van der Waals surface area contributed by atoms with E-state index < -0.39 is 12.0 Å². The molecule has 2 aromatic carbocycles.